The number of amides is 1. The van der Waals surface area contributed by atoms with Gasteiger partial charge in [-0.15, -0.1) is 0 Å². The van der Waals surface area contributed by atoms with E-state index < -0.39 is 32.3 Å². The van der Waals surface area contributed by atoms with Gasteiger partial charge in [0, 0.05) is 13.0 Å². The highest BCUT2D eigenvalue weighted by atomic mass is 28.4. The molecule has 0 aliphatic carbocycles. The molecule has 11 nitrogen and oxygen atoms in total. The topological polar surface area (TPSA) is 137 Å². The molecule has 0 spiro atoms. The van der Waals surface area contributed by atoms with Crippen LogP contribution >= 0.6 is 0 Å². The maximum atomic E-state index is 13.1. The molecule has 1 saturated heterocycles. The summed E-state index contributed by atoms with van der Waals surface area (Å²) < 4.78 is 19.1. The molecular formula is C21H33N5O6Si. The molecule has 1 amide bonds. The van der Waals surface area contributed by atoms with Crippen molar-refractivity contribution in [2.75, 3.05) is 19.0 Å². The molecule has 182 valence electrons. The largest absolute Gasteiger partial charge is 0.414 e. The minimum absolute atomic E-state index is 0.0000974. The normalized spacial score (nSPS) is 21.8. The van der Waals surface area contributed by atoms with Gasteiger partial charge in [0.05, 0.1) is 12.9 Å². The van der Waals surface area contributed by atoms with E-state index in [1.165, 1.54) is 18.0 Å². The van der Waals surface area contributed by atoms with Crippen LogP contribution in [0.4, 0.5) is 5.95 Å². The summed E-state index contributed by atoms with van der Waals surface area (Å²) in [6.45, 7) is 14.3. The van der Waals surface area contributed by atoms with Gasteiger partial charge in [-0.1, -0.05) is 34.6 Å². The van der Waals surface area contributed by atoms with E-state index in [9.17, 15) is 14.4 Å². The maximum absolute atomic E-state index is 13.1. The van der Waals surface area contributed by atoms with Crippen molar-refractivity contribution < 1.29 is 23.5 Å². The Morgan fingerprint density at radius 3 is 2.58 bits per heavy atom. The van der Waals surface area contributed by atoms with Crippen molar-refractivity contribution in [3.8, 4) is 0 Å². The number of ether oxygens (including phenoxy) is 2. The third kappa shape index (κ3) is 4.93. The van der Waals surface area contributed by atoms with Crippen LogP contribution in [0.3, 0.4) is 0 Å². The summed E-state index contributed by atoms with van der Waals surface area (Å²) in [7, 11) is -0.626. The second-order valence-corrected chi connectivity index (χ2v) is 14.8. The fourth-order valence-corrected chi connectivity index (χ4v) is 4.16. The lowest BCUT2D eigenvalue weighted by atomic mass is 10.1. The number of rotatable bonds is 7. The monoisotopic (exact) mass is 479 g/mol. The summed E-state index contributed by atoms with van der Waals surface area (Å²) in [5, 5.41) is 2.56. The lowest BCUT2D eigenvalue weighted by Gasteiger charge is -2.37. The Hall–Kier alpha value is -2.41. The van der Waals surface area contributed by atoms with Crippen LogP contribution in [-0.4, -0.2) is 65.5 Å². The molecule has 3 heterocycles. The number of nitrogens with one attached hydrogen (secondary N) is 2. The third-order valence-electron chi connectivity index (χ3n) is 6.28. The molecule has 0 aromatic carbocycles. The van der Waals surface area contributed by atoms with Crippen LogP contribution in [0.2, 0.25) is 18.1 Å². The Morgan fingerprint density at radius 2 is 2.00 bits per heavy atom. The van der Waals surface area contributed by atoms with Crippen molar-refractivity contribution in [1.29, 1.82) is 0 Å². The van der Waals surface area contributed by atoms with Crippen molar-refractivity contribution in [2.24, 2.45) is 5.92 Å². The number of aromatic nitrogens is 4. The molecule has 33 heavy (non-hydrogen) atoms. The van der Waals surface area contributed by atoms with Gasteiger partial charge in [0.2, 0.25) is 17.6 Å². The van der Waals surface area contributed by atoms with Gasteiger partial charge < -0.3 is 13.9 Å². The number of methoxy groups -OCH3 is 1. The van der Waals surface area contributed by atoms with E-state index in [1.54, 1.807) is 13.8 Å². The Labute approximate surface area is 193 Å². The fraction of sp³-hybridized carbons (Fsp3) is 0.667. The first kappa shape index (κ1) is 25.2. The van der Waals surface area contributed by atoms with Crippen molar-refractivity contribution in [3.05, 3.63) is 16.7 Å². The van der Waals surface area contributed by atoms with Gasteiger partial charge >= 0.3 is 0 Å². The number of nitrogens with zero attached hydrogens (tertiary/aromatic N) is 3. The number of fused-ring (bicyclic) bond motifs is 1. The van der Waals surface area contributed by atoms with Crippen LogP contribution in [0.15, 0.2) is 11.1 Å². The maximum Gasteiger partial charge on any atom is 0.280 e. The molecule has 3 rings (SSSR count). The van der Waals surface area contributed by atoms with E-state index in [4.69, 9.17) is 13.9 Å². The Bertz CT molecular complexity index is 1100. The Morgan fingerprint density at radius 1 is 1.33 bits per heavy atom. The second kappa shape index (κ2) is 9.09. The number of carbonyl (C=O) groups excluding carboxylic acids is 2. The smallest absolute Gasteiger partial charge is 0.280 e. The van der Waals surface area contributed by atoms with Gasteiger partial charge in [0.1, 0.15) is 12.2 Å². The van der Waals surface area contributed by atoms with Crippen LogP contribution in [-0.2, 0) is 23.5 Å². The number of ketones is 1. The summed E-state index contributed by atoms with van der Waals surface area (Å²) in [6, 6.07) is 0. The van der Waals surface area contributed by atoms with Gasteiger partial charge in [-0.25, -0.2) is 4.98 Å². The number of carbonyl (C=O) groups is 2. The zero-order valence-corrected chi connectivity index (χ0v) is 21.4. The van der Waals surface area contributed by atoms with E-state index in [0.29, 0.717) is 0 Å². The minimum Gasteiger partial charge on any atom is -0.414 e. The average molecular weight is 480 g/mol. The van der Waals surface area contributed by atoms with E-state index in [-0.39, 0.29) is 46.4 Å². The molecule has 3 atom stereocenters. The summed E-state index contributed by atoms with van der Waals surface area (Å²) in [5.41, 5.74) is -0.384. The molecule has 1 aliphatic rings. The van der Waals surface area contributed by atoms with Gasteiger partial charge in [-0.05, 0) is 18.1 Å². The number of hydrogen-bond acceptors (Lipinski definition) is 8. The first-order chi connectivity index (χ1) is 15.3. The van der Waals surface area contributed by atoms with Gasteiger partial charge in [0.15, 0.2) is 25.7 Å². The first-order valence-electron chi connectivity index (χ1n) is 10.9. The van der Waals surface area contributed by atoms with Crippen molar-refractivity contribution in [1.82, 2.24) is 19.5 Å². The highest BCUT2D eigenvalue weighted by molar-refractivity contribution is 6.74. The van der Waals surface area contributed by atoms with Gasteiger partial charge in [-0.3, -0.25) is 29.3 Å². The minimum atomic E-state index is -2.07. The fourth-order valence-electron chi connectivity index (χ4n) is 3.15. The van der Waals surface area contributed by atoms with Crippen LogP contribution in [0.5, 0.6) is 0 Å². The Kier molecular flexibility index (Phi) is 6.94. The predicted molar refractivity (Wildman–Crippen MR) is 124 cm³/mol. The molecular weight excluding hydrogens is 446 g/mol. The molecule has 0 bridgehead atoms. The lowest BCUT2D eigenvalue weighted by molar-refractivity contribution is -0.131. The highest BCUT2D eigenvalue weighted by Crippen LogP contribution is 2.38. The summed E-state index contributed by atoms with van der Waals surface area (Å²) in [4.78, 5) is 48.5. The van der Waals surface area contributed by atoms with E-state index in [1.807, 2.05) is 0 Å². The summed E-state index contributed by atoms with van der Waals surface area (Å²) in [6.07, 6.45) is -1.22. The number of hydrogen-bond donors (Lipinski definition) is 2. The SMILES string of the molecule is COC1C(=O)C(n2cnc3c(=O)[nH]c(NC(=O)C(C)C)nc32)OC1CO[Si](C)(C)C(C)(C)C. The van der Waals surface area contributed by atoms with E-state index in [0.717, 1.165) is 0 Å². The zero-order valence-electron chi connectivity index (χ0n) is 20.4. The number of anilines is 1. The Balaban J connectivity index is 1.90. The molecule has 0 radical (unpaired) electrons. The summed E-state index contributed by atoms with van der Waals surface area (Å²) >= 11 is 0. The number of imidazole rings is 1. The van der Waals surface area contributed by atoms with Crippen LogP contribution in [0, 0.1) is 5.92 Å². The van der Waals surface area contributed by atoms with Crippen LogP contribution < -0.4 is 10.9 Å². The summed E-state index contributed by atoms with van der Waals surface area (Å²) in [5.74, 6) is -0.964. The number of Topliss-reactive ketones (excluding diaryl/α,β-unsaturated/α-hetero) is 1. The molecule has 2 aromatic heterocycles. The number of H-pyrrole nitrogens is 1. The third-order valence-corrected chi connectivity index (χ3v) is 10.8. The van der Waals surface area contributed by atoms with Crippen molar-refractivity contribution in [3.63, 3.8) is 0 Å². The molecule has 3 unspecified atom stereocenters. The molecule has 1 aliphatic heterocycles. The quantitative estimate of drug-likeness (QED) is 0.577. The average Bonchev–Trinajstić information content (AvgIpc) is 3.26. The zero-order chi connectivity index (χ0) is 24.7. The molecule has 12 heteroatoms. The standard InChI is InChI=1S/C21H33N5O6Si/c1-11(2)17(28)24-20-23-16-13(18(29)25-20)22-10-26(16)19-14(27)15(30-6)12(32-19)9-31-33(7,8)21(3,4)5/h10-12,15,19H,9H2,1-8H3,(H2,23,24,25,28,29). The highest BCUT2D eigenvalue weighted by Gasteiger charge is 2.47. The first-order valence-corrected chi connectivity index (χ1v) is 13.8. The second-order valence-electron chi connectivity index (χ2n) is 10.0. The van der Waals surface area contributed by atoms with Crippen LogP contribution in [0.25, 0.3) is 11.2 Å². The molecule has 0 saturated carbocycles. The molecule has 2 N–H and O–H groups in total. The van der Waals surface area contributed by atoms with Gasteiger partial charge in [0.25, 0.3) is 5.56 Å². The van der Waals surface area contributed by atoms with Crippen molar-refractivity contribution >= 4 is 37.1 Å². The van der Waals surface area contributed by atoms with Crippen molar-refractivity contribution in [2.45, 2.75) is 71.2 Å². The van der Waals surface area contributed by atoms with Crippen LogP contribution in [0.1, 0.15) is 40.8 Å². The number of aromatic amines is 1. The van der Waals surface area contributed by atoms with E-state index >= 15 is 0 Å². The molecule has 1 fully saturated rings. The lowest BCUT2D eigenvalue weighted by Crippen LogP contribution is -2.44. The van der Waals surface area contributed by atoms with Gasteiger partial charge in [-0.2, -0.15) is 4.98 Å². The molecule has 2 aromatic rings. The van der Waals surface area contributed by atoms with E-state index in [2.05, 4.69) is 54.1 Å². The predicted octanol–water partition coefficient (Wildman–Crippen LogP) is 2.22.